The van der Waals surface area contributed by atoms with Crippen LogP contribution in [0.4, 0.5) is 0 Å². The number of aromatic amines is 1. The number of carbonyl (C=O) groups is 1. The van der Waals surface area contributed by atoms with Gasteiger partial charge in [-0.15, -0.1) is 0 Å². The second-order valence-electron chi connectivity index (χ2n) is 6.33. The molecule has 1 aromatic heterocycles. The minimum atomic E-state index is -0.261. The molecule has 2 aromatic carbocycles. The SMILES string of the molecule is CCCN1C(=O)c2[nH]nc(-c3ccccc3O)c2[C@H]1c1ccc(Cl)cc1. The largest absolute Gasteiger partial charge is 0.507 e. The van der Waals surface area contributed by atoms with Crippen LogP contribution in [0.2, 0.25) is 5.02 Å². The van der Waals surface area contributed by atoms with Crippen molar-refractivity contribution in [3.05, 3.63) is 70.4 Å². The van der Waals surface area contributed by atoms with Crippen molar-refractivity contribution < 1.29 is 9.90 Å². The van der Waals surface area contributed by atoms with E-state index in [9.17, 15) is 9.90 Å². The molecule has 132 valence electrons. The molecule has 26 heavy (non-hydrogen) atoms. The normalized spacial score (nSPS) is 16.2. The van der Waals surface area contributed by atoms with Crippen LogP contribution in [0.1, 0.15) is 41.0 Å². The van der Waals surface area contributed by atoms with E-state index in [0.717, 1.165) is 17.5 Å². The van der Waals surface area contributed by atoms with E-state index < -0.39 is 0 Å². The van der Waals surface area contributed by atoms with E-state index in [1.165, 1.54) is 0 Å². The second kappa shape index (κ2) is 6.50. The smallest absolute Gasteiger partial charge is 0.273 e. The average molecular weight is 368 g/mol. The van der Waals surface area contributed by atoms with Gasteiger partial charge in [0.05, 0.1) is 6.04 Å². The molecule has 5 nitrogen and oxygen atoms in total. The minimum absolute atomic E-state index is 0.0732. The van der Waals surface area contributed by atoms with Crippen LogP contribution in [-0.2, 0) is 0 Å². The topological polar surface area (TPSA) is 69.2 Å². The third kappa shape index (κ3) is 2.56. The first-order valence-corrected chi connectivity index (χ1v) is 8.92. The molecule has 1 amide bonds. The fourth-order valence-electron chi connectivity index (χ4n) is 3.54. The van der Waals surface area contributed by atoms with Crippen molar-refractivity contribution >= 4 is 17.5 Å². The predicted molar refractivity (Wildman–Crippen MR) is 100 cm³/mol. The lowest BCUT2D eigenvalue weighted by molar-refractivity contribution is 0.0744. The number of halogens is 1. The number of benzene rings is 2. The lowest BCUT2D eigenvalue weighted by Gasteiger charge is -2.26. The Kier molecular flexibility index (Phi) is 4.17. The summed E-state index contributed by atoms with van der Waals surface area (Å²) in [5.74, 6) is 0.0639. The van der Waals surface area contributed by atoms with Crippen LogP contribution in [0.25, 0.3) is 11.3 Å². The summed E-state index contributed by atoms with van der Waals surface area (Å²) < 4.78 is 0. The van der Waals surface area contributed by atoms with Gasteiger partial charge >= 0.3 is 0 Å². The zero-order valence-corrected chi connectivity index (χ0v) is 15.0. The Morgan fingerprint density at radius 2 is 1.92 bits per heavy atom. The van der Waals surface area contributed by atoms with Gasteiger partial charge in [0, 0.05) is 22.7 Å². The Morgan fingerprint density at radius 1 is 1.19 bits per heavy atom. The Hall–Kier alpha value is -2.79. The van der Waals surface area contributed by atoms with Crippen molar-refractivity contribution in [2.24, 2.45) is 0 Å². The van der Waals surface area contributed by atoms with Crippen LogP contribution in [-0.4, -0.2) is 32.7 Å². The third-order valence-electron chi connectivity index (χ3n) is 4.67. The number of H-pyrrole nitrogens is 1. The number of nitrogens with one attached hydrogen (secondary N) is 1. The molecule has 0 fully saturated rings. The zero-order chi connectivity index (χ0) is 18.3. The molecule has 4 rings (SSSR count). The molecule has 0 radical (unpaired) electrons. The summed E-state index contributed by atoms with van der Waals surface area (Å²) in [5.41, 5.74) is 3.46. The third-order valence-corrected chi connectivity index (χ3v) is 4.93. The standard InChI is InChI=1S/C20H18ClN3O2/c1-2-11-24-19(12-7-9-13(21)10-8-12)16-17(22-23-18(16)20(24)26)14-5-3-4-6-15(14)25/h3-10,19,25H,2,11H2,1H3,(H,22,23)/t19-/m1/s1. The van der Waals surface area contributed by atoms with E-state index in [0.29, 0.717) is 28.5 Å². The predicted octanol–water partition coefficient (Wildman–Crippen LogP) is 4.39. The van der Waals surface area contributed by atoms with Gasteiger partial charge < -0.3 is 10.0 Å². The Morgan fingerprint density at radius 3 is 2.62 bits per heavy atom. The Labute approximate surface area is 156 Å². The Balaban J connectivity index is 1.91. The molecule has 6 heteroatoms. The van der Waals surface area contributed by atoms with Crippen molar-refractivity contribution in [1.82, 2.24) is 15.1 Å². The summed E-state index contributed by atoms with van der Waals surface area (Å²) in [6.45, 7) is 2.68. The number of aromatic hydroxyl groups is 1. The van der Waals surface area contributed by atoms with Gasteiger partial charge in [-0.25, -0.2) is 0 Å². The lowest BCUT2D eigenvalue weighted by atomic mass is 9.95. The summed E-state index contributed by atoms with van der Waals surface area (Å²) in [6.07, 6.45) is 0.847. The van der Waals surface area contributed by atoms with E-state index in [2.05, 4.69) is 10.2 Å². The van der Waals surface area contributed by atoms with E-state index in [4.69, 9.17) is 11.6 Å². The van der Waals surface area contributed by atoms with Crippen molar-refractivity contribution in [2.75, 3.05) is 6.54 Å². The maximum atomic E-state index is 12.9. The molecule has 0 spiro atoms. The zero-order valence-electron chi connectivity index (χ0n) is 14.2. The highest BCUT2D eigenvalue weighted by atomic mass is 35.5. The molecule has 1 atom stereocenters. The lowest BCUT2D eigenvalue weighted by Crippen LogP contribution is -2.30. The van der Waals surface area contributed by atoms with Crippen LogP contribution >= 0.6 is 11.6 Å². The molecule has 0 saturated heterocycles. The maximum Gasteiger partial charge on any atom is 0.273 e. The van der Waals surface area contributed by atoms with Gasteiger partial charge in [0.15, 0.2) is 0 Å². The van der Waals surface area contributed by atoms with Gasteiger partial charge in [0.25, 0.3) is 5.91 Å². The maximum absolute atomic E-state index is 12.9. The fraction of sp³-hybridized carbons (Fsp3) is 0.200. The summed E-state index contributed by atoms with van der Waals surface area (Å²) in [6, 6.07) is 14.3. The van der Waals surface area contributed by atoms with E-state index in [-0.39, 0.29) is 17.7 Å². The van der Waals surface area contributed by atoms with Crippen molar-refractivity contribution in [3.8, 4) is 17.0 Å². The monoisotopic (exact) mass is 367 g/mol. The number of hydrogen-bond donors (Lipinski definition) is 2. The first-order valence-electron chi connectivity index (χ1n) is 8.55. The number of carbonyl (C=O) groups excluding carboxylic acids is 1. The second-order valence-corrected chi connectivity index (χ2v) is 6.77. The van der Waals surface area contributed by atoms with Crippen LogP contribution in [0.3, 0.4) is 0 Å². The summed E-state index contributed by atoms with van der Waals surface area (Å²) in [5, 5.41) is 18.2. The molecule has 1 aliphatic heterocycles. The van der Waals surface area contributed by atoms with Gasteiger partial charge in [0.2, 0.25) is 0 Å². The molecular weight excluding hydrogens is 350 g/mol. The van der Waals surface area contributed by atoms with Gasteiger partial charge in [-0.1, -0.05) is 42.8 Å². The molecule has 0 bridgehead atoms. The van der Waals surface area contributed by atoms with Crippen LogP contribution in [0.5, 0.6) is 5.75 Å². The number of phenols is 1. The number of nitrogens with zero attached hydrogens (tertiary/aromatic N) is 2. The van der Waals surface area contributed by atoms with Crippen molar-refractivity contribution in [2.45, 2.75) is 19.4 Å². The molecule has 1 aliphatic rings. The highest BCUT2D eigenvalue weighted by molar-refractivity contribution is 6.30. The highest BCUT2D eigenvalue weighted by Gasteiger charge is 2.41. The Bertz CT molecular complexity index is 965. The number of hydrogen-bond acceptors (Lipinski definition) is 3. The first kappa shape index (κ1) is 16.7. The quantitative estimate of drug-likeness (QED) is 0.718. The number of rotatable bonds is 4. The van der Waals surface area contributed by atoms with Crippen molar-refractivity contribution in [3.63, 3.8) is 0 Å². The number of fused-ring (bicyclic) bond motifs is 1. The molecule has 0 aliphatic carbocycles. The van der Waals surface area contributed by atoms with E-state index >= 15 is 0 Å². The van der Waals surface area contributed by atoms with Gasteiger partial charge in [0.1, 0.15) is 17.1 Å². The molecule has 2 heterocycles. The summed E-state index contributed by atoms with van der Waals surface area (Å²) >= 11 is 6.04. The van der Waals surface area contributed by atoms with Gasteiger partial charge in [-0.2, -0.15) is 5.10 Å². The van der Waals surface area contributed by atoms with Gasteiger partial charge in [-0.3, -0.25) is 9.89 Å². The number of aromatic nitrogens is 2. The summed E-state index contributed by atoms with van der Waals surface area (Å²) in [7, 11) is 0. The summed E-state index contributed by atoms with van der Waals surface area (Å²) in [4.78, 5) is 14.8. The number of para-hydroxylation sites is 1. The molecule has 0 unspecified atom stereocenters. The van der Waals surface area contributed by atoms with E-state index in [1.54, 1.807) is 18.2 Å². The average Bonchev–Trinajstić information content (AvgIpc) is 3.17. The molecule has 0 saturated carbocycles. The minimum Gasteiger partial charge on any atom is -0.507 e. The van der Waals surface area contributed by atoms with E-state index in [1.807, 2.05) is 42.2 Å². The van der Waals surface area contributed by atoms with Crippen molar-refractivity contribution in [1.29, 1.82) is 0 Å². The van der Waals surface area contributed by atoms with Crippen LogP contribution in [0, 0.1) is 0 Å². The van der Waals surface area contributed by atoms with Crippen LogP contribution < -0.4 is 0 Å². The number of amides is 1. The molecule has 3 aromatic rings. The molecular formula is C20H18ClN3O2. The van der Waals surface area contributed by atoms with Gasteiger partial charge in [-0.05, 0) is 36.2 Å². The fourth-order valence-corrected chi connectivity index (χ4v) is 3.67. The highest BCUT2D eigenvalue weighted by Crippen LogP contribution is 2.44. The van der Waals surface area contributed by atoms with Crippen LogP contribution in [0.15, 0.2) is 48.5 Å². The number of phenolic OH excluding ortho intramolecular Hbond substituents is 1. The first-order chi connectivity index (χ1) is 12.6. The molecule has 2 N–H and O–H groups in total.